The van der Waals surface area contributed by atoms with Crippen LogP contribution in [0.5, 0.6) is 0 Å². The van der Waals surface area contributed by atoms with Gasteiger partial charge in [-0.3, -0.25) is 9.48 Å². The Kier molecular flexibility index (Phi) is 5.97. The van der Waals surface area contributed by atoms with E-state index in [-0.39, 0.29) is 36.2 Å². The van der Waals surface area contributed by atoms with E-state index in [0.29, 0.717) is 17.0 Å². The Morgan fingerprint density at radius 1 is 1.21 bits per heavy atom. The van der Waals surface area contributed by atoms with Crippen molar-refractivity contribution in [1.29, 1.82) is 0 Å². The fourth-order valence-corrected chi connectivity index (χ4v) is 2.98. The van der Waals surface area contributed by atoms with Crippen LogP contribution in [-0.4, -0.2) is 47.9 Å². The summed E-state index contributed by atoms with van der Waals surface area (Å²) in [6.45, 7) is 2.40. The molecule has 0 spiro atoms. The van der Waals surface area contributed by atoms with Crippen LogP contribution >= 0.6 is 0 Å². The van der Waals surface area contributed by atoms with Gasteiger partial charge in [-0.05, 0) is 26.0 Å². The largest absolute Gasteiger partial charge is 0.381 e. The number of hydrogen-bond donors (Lipinski definition) is 2. The van der Waals surface area contributed by atoms with Crippen LogP contribution in [0.2, 0.25) is 0 Å². The number of benzene rings is 1. The number of nitrogens with one attached hydrogen (secondary N) is 1. The van der Waals surface area contributed by atoms with Gasteiger partial charge in [0.05, 0.1) is 25.0 Å². The second kappa shape index (κ2) is 8.87. The van der Waals surface area contributed by atoms with E-state index >= 15 is 0 Å². The molecule has 0 saturated carbocycles. The summed E-state index contributed by atoms with van der Waals surface area (Å²) in [5, 5.41) is 21.1. The zero-order valence-electron chi connectivity index (χ0n) is 17.8. The molecular weight excluding hydrogens is 434 g/mol. The molecule has 0 bridgehead atoms. The van der Waals surface area contributed by atoms with Crippen LogP contribution in [0.25, 0.3) is 22.9 Å². The van der Waals surface area contributed by atoms with Gasteiger partial charge in [0.1, 0.15) is 29.1 Å². The lowest BCUT2D eigenvalue weighted by molar-refractivity contribution is -0.132. The highest BCUT2D eigenvalue weighted by molar-refractivity contribution is 5.84. The summed E-state index contributed by atoms with van der Waals surface area (Å²) in [6, 6.07) is 9.56. The number of aliphatic hydroxyl groups is 1. The fourth-order valence-electron chi connectivity index (χ4n) is 2.98. The third kappa shape index (κ3) is 4.77. The summed E-state index contributed by atoms with van der Waals surface area (Å²) in [7, 11) is 0. The molecule has 3 aromatic heterocycles. The van der Waals surface area contributed by atoms with Gasteiger partial charge in [0.15, 0.2) is 23.2 Å². The van der Waals surface area contributed by atoms with Gasteiger partial charge < -0.3 is 14.9 Å². The Morgan fingerprint density at radius 2 is 2.00 bits per heavy atom. The Hall–Kier alpha value is -3.99. The number of Topliss-reactive ketones (excluding diaryl/α,β-unsaturated/α-hetero) is 1. The van der Waals surface area contributed by atoms with Gasteiger partial charge in [0, 0.05) is 11.6 Å². The highest BCUT2D eigenvalue weighted by Gasteiger charge is 2.27. The number of anilines is 1. The van der Waals surface area contributed by atoms with Crippen molar-refractivity contribution in [2.75, 3.05) is 11.9 Å². The molecule has 0 aliphatic carbocycles. The molecule has 170 valence electrons. The third-order valence-electron chi connectivity index (χ3n) is 5.09. The molecule has 0 amide bonds. The fraction of sp³-hybridized carbons (Fsp3) is 0.227. The molecule has 1 atom stereocenters. The molecule has 0 saturated heterocycles. The number of carbonyl (C=O) groups excluding carboxylic acids is 1. The highest BCUT2D eigenvalue weighted by Crippen LogP contribution is 2.26. The first kappa shape index (κ1) is 22.2. The van der Waals surface area contributed by atoms with E-state index in [0.717, 1.165) is 6.20 Å². The molecule has 0 unspecified atom stereocenters. The molecule has 0 fully saturated rings. The Bertz CT molecular complexity index is 1290. The number of rotatable bonds is 8. The van der Waals surface area contributed by atoms with Crippen LogP contribution < -0.4 is 5.32 Å². The van der Waals surface area contributed by atoms with E-state index in [1.54, 1.807) is 30.3 Å². The zero-order valence-corrected chi connectivity index (χ0v) is 17.8. The average molecular weight is 454 g/mol. The van der Waals surface area contributed by atoms with Crippen LogP contribution in [0.3, 0.4) is 0 Å². The number of nitrogens with zero attached hydrogens (tertiary/aromatic N) is 5. The third-order valence-corrected chi connectivity index (χ3v) is 5.09. The Morgan fingerprint density at radius 3 is 2.70 bits per heavy atom. The maximum absolute atomic E-state index is 14.3. The molecule has 0 radical (unpaired) electrons. The van der Waals surface area contributed by atoms with Crippen LogP contribution in [0.1, 0.15) is 19.4 Å². The number of hydrogen-bond acceptors (Lipinski definition) is 8. The number of aromatic nitrogens is 5. The molecule has 11 heteroatoms. The summed E-state index contributed by atoms with van der Waals surface area (Å²) < 4.78 is 34.9. The molecule has 1 aromatic carbocycles. The van der Waals surface area contributed by atoms with Crippen molar-refractivity contribution in [3.05, 3.63) is 66.1 Å². The maximum Gasteiger partial charge on any atom is 0.183 e. The first-order chi connectivity index (χ1) is 15.7. The lowest BCUT2D eigenvalue weighted by Gasteiger charge is -2.20. The van der Waals surface area contributed by atoms with Gasteiger partial charge in [0.25, 0.3) is 0 Å². The topological polar surface area (TPSA) is 119 Å². The minimum absolute atomic E-state index is 0.0818. The molecule has 3 heterocycles. The van der Waals surface area contributed by atoms with E-state index in [4.69, 9.17) is 4.52 Å². The molecular formula is C22H20F2N6O3. The van der Waals surface area contributed by atoms with Crippen molar-refractivity contribution in [1.82, 2.24) is 24.9 Å². The lowest BCUT2D eigenvalue weighted by atomic mass is 10.0. The van der Waals surface area contributed by atoms with Crippen LogP contribution in [0.4, 0.5) is 14.6 Å². The first-order valence-corrected chi connectivity index (χ1v) is 9.97. The van der Waals surface area contributed by atoms with E-state index in [9.17, 15) is 18.7 Å². The number of ketones is 1. The molecule has 9 nitrogen and oxygen atoms in total. The van der Waals surface area contributed by atoms with E-state index in [1.165, 1.54) is 30.9 Å². The zero-order chi connectivity index (χ0) is 23.6. The highest BCUT2D eigenvalue weighted by atomic mass is 19.1. The molecule has 4 aromatic rings. The van der Waals surface area contributed by atoms with Gasteiger partial charge in [-0.25, -0.2) is 18.7 Å². The van der Waals surface area contributed by atoms with Crippen LogP contribution in [-0.2, 0) is 11.3 Å². The molecule has 33 heavy (non-hydrogen) atoms. The Balaban J connectivity index is 1.69. The number of halogens is 2. The van der Waals surface area contributed by atoms with E-state index in [2.05, 4.69) is 25.5 Å². The summed E-state index contributed by atoms with van der Waals surface area (Å²) >= 11 is 0. The summed E-state index contributed by atoms with van der Waals surface area (Å²) in [5.41, 5.74) is -0.0256. The van der Waals surface area contributed by atoms with Crippen molar-refractivity contribution in [2.24, 2.45) is 0 Å². The van der Waals surface area contributed by atoms with Crippen molar-refractivity contribution >= 4 is 11.6 Å². The van der Waals surface area contributed by atoms with Crippen LogP contribution in [0, 0.1) is 11.6 Å². The minimum atomic E-state index is -1.70. The van der Waals surface area contributed by atoms with Crippen molar-refractivity contribution < 1.29 is 23.2 Å². The SMILES string of the molecule is CC(=O)[C@@](C)(O)CNc1nc(-c2cc(-c3ccon3)n(Cc3ccccc3F)n2)ncc1F. The predicted molar refractivity (Wildman–Crippen MR) is 114 cm³/mol. The van der Waals surface area contributed by atoms with Gasteiger partial charge in [-0.15, -0.1) is 0 Å². The van der Waals surface area contributed by atoms with Gasteiger partial charge in [0.2, 0.25) is 0 Å². The Labute approximate surface area is 187 Å². The summed E-state index contributed by atoms with van der Waals surface area (Å²) in [6.07, 6.45) is 2.35. The van der Waals surface area contributed by atoms with Crippen molar-refractivity contribution in [3.8, 4) is 22.9 Å². The van der Waals surface area contributed by atoms with Crippen molar-refractivity contribution in [3.63, 3.8) is 0 Å². The maximum atomic E-state index is 14.3. The number of carbonyl (C=O) groups is 1. The normalized spacial score (nSPS) is 13.0. The van der Waals surface area contributed by atoms with Gasteiger partial charge in [-0.1, -0.05) is 23.4 Å². The standard InChI is InChI=1S/C22H20F2N6O3/c1-13(31)22(2,32)12-26-20-16(24)10-25-21(27-20)18-9-19(17-7-8-33-29-17)30(28-18)11-14-5-3-4-6-15(14)23/h3-10,32H,11-12H2,1-2H3,(H,25,26,27)/t22-/m0/s1. The lowest BCUT2D eigenvalue weighted by Crippen LogP contribution is -2.40. The predicted octanol–water partition coefficient (Wildman–Crippen LogP) is 3.07. The van der Waals surface area contributed by atoms with Crippen LogP contribution in [0.15, 0.2) is 53.4 Å². The van der Waals surface area contributed by atoms with Gasteiger partial charge >= 0.3 is 0 Å². The second-order valence-corrected chi connectivity index (χ2v) is 7.62. The van der Waals surface area contributed by atoms with E-state index in [1.807, 2.05) is 0 Å². The molecule has 0 aliphatic heterocycles. The van der Waals surface area contributed by atoms with Gasteiger partial charge in [-0.2, -0.15) is 5.10 Å². The van der Waals surface area contributed by atoms with E-state index < -0.39 is 17.2 Å². The summed E-state index contributed by atoms with van der Waals surface area (Å²) in [5.74, 6) is -1.75. The average Bonchev–Trinajstić information content (AvgIpc) is 3.45. The summed E-state index contributed by atoms with van der Waals surface area (Å²) in [4.78, 5) is 19.7. The molecule has 0 aliphatic rings. The second-order valence-electron chi connectivity index (χ2n) is 7.62. The monoisotopic (exact) mass is 454 g/mol. The molecule has 4 rings (SSSR count). The smallest absolute Gasteiger partial charge is 0.183 e. The quantitative estimate of drug-likeness (QED) is 0.417. The molecule has 2 N–H and O–H groups in total. The first-order valence-electron chi connectivity index (χ1n) is 9.97. The van der Waals surface area contributed by atoms with Crippen molar-refractivity contribution in [2.45, 2.75) is 26.0 Å². The minimum Gasteiger partial charge on any atom is -0.381 e.